The summed E-state index contributed by atoms with van der Waals surface area (Å²) >= 11 is 0. The number of benzene rings is 1. The second-order valence-electron chi connectivity index (χ2n) is 7.23. The molecule has 1 saturated heterocycles. The molecule has 1 aromatic carbocycles. The van der Waals surface area contributed by atoms with E-state index in [0.29, 0.717) is 12.8 Å². The quantitative estimate of drug-likeness (QED) is 0.826. The average molecular weight is 383 g/mol. The lowest BCUT2D eigenvalue weighted by atomic mass is 9.90. The first-order valence-electron chi connectivity index (χ1n) is 9.18. The summed E-state index contributed by atoms with van der Waals surface area (Å²) in [6.07, 6.45) is 4.53. The minimum absolute atomic E-state index is 0.00610. The van der Waals surface area contributed by atoms with E-state index in [0.717, 1.165) is 31.7 Å². The van der Waals surface area contributed by atoms with Crippen molar-refractivity contribution in [1.82, 2.24) is 9.62 Å². The van der Waals surface area contributed by atoms with Crippen molar-refractivity contribution in [3.63, 3.8) is 0 Å². The highest BCUT2D eigenvalue weighted by Crippen LogP contribution is 2.26. The lowest BCUT2D eigenvalue weighted by Crippen LogP contribution is -2.46. The summed E-state index contributed by atoms with van der Waals surface area (Å²) < 4.78 is 40.3. The van der Waals surface area contributed by atoms with Gasteiger partial charge in [0.2, 0.25) is 15.9 Å². The van der Waals surface area contributed by atoms with Crippen LogP contribution < -0.4 is 11.1 Å². The van der Waals surface area contributed by atoms with Gasteiger partial charge in [-0.05, 0) is 50.7 Å². The molecule has 2 aliphatic rings. The van der Waals surface area contributed by atoms with Gasteiger partial charge in [0.15, 0.2) is 0 Å². The molecule has 6 nitrogen and oxygen atoms in total. The molecule has 1 aliphatic carbocycles. The van der Waals surface area contributed by atoms with Crippen molar-refractivity contribution in [3.8, 4) is 0 Å². The summed E-state index contributed by atoms with van der Waals surface area (Å²) in [5, 5.41) is 3.08. The van der Waals surface area contributed by atoms with Crippen LogP contribution in [0.3, 0.4) is 0 Å². The fourth-order valence-electron chi connectivity index (χ4n) is 3.73. The van der Waals surface area contributed by atoms with E-state index in [1.165, 1.54) is 22.5 Å². The van der Waals surface area contributed by atoms with Crippen LogP contribution in [0.1, 0.15) is 38.5 Å². The van der Waals surface area contributed by atoms with E-state index >= 15 is 0 Å². The number of piperidine rings is 1. The van der Waals surface area contributed by atoms with E-state index < -0.39 is 15.8 Å². The monoisotopic (exact) mass is 383 g/mol. The number of rotatable bonds is 4. The summed E-state index contributed by atoms with van der Waals surface area (Å²) in [5.74, 6) is -0.950. The zero-order chi connectivity index (χ0) is 18.7. The zero-order valence-electron chi connectivity index (χ0n) is 14.7. The van der Waals surface area contributed by atoms with Gasteiger partial charge < -0.3 is 11.1 Å². The van der Waals surface area contributed by atoms with E-state index in [2.05, 4.69) is 5.32 Å². The first-order chi connectivity index (χ1) is 12.4. The van der Waals surface area contributed by atoms with E-state index in [1.54, 1.807) is 0 Å². The van der Waals surface area contributed by atoms with Crippen LogP contribution in [0.15, 0.2) is 29.2 Å². The number of nitrogens with one attached hydrogen (secondary N) is 1. The van der Waals surface area contributed by atoms with E-state index in [-0.39, 0.29) is 41.9 Å². The molecule has 26 heavy (non-hydrogen) atoms. The summed E-state index contributed by atoms with van der Waals surface area (Å²) in [6, 6.07) is 5.79. The molecule has 3 N–H and O–H groups in total. The Kier molecular flexibility index (Phi) is 5.94. The molecular formula is C18H26FN3O3S. The van der Waals surface area contributed by atoms with Gasteiger partial charge in [-0.3, -0.25) is 4.79 Å². The minimum Gasteiger partial charge on any atom is -0.353 e. The Labute approximate surface area is 154 Å². The van der Waals surface area contributed by atoms with Crippen molar-refractivity contribution in [2.45, 2.75) is 55.5 Å². The van der Waals surface area contributed by atoms with Gasteiger partial charge in [-0.15, -0.1) is 0 Å². The summed E-state index contributed by atoms with van der Waals surface area (Å²) in [5.41, 5.74) is 5.88. The van der Waals surface area contributed by atoms with Crippen molar-refractivity contribution in [1.29, 1.82) is 0 Å². The highest BCUT2D eigenvalue weighted by Gasteiger charge is 2.34. The highest BCUT2D eigenvalue weighted by molar-refractivity contribution is 7.89. The third-order valence-corrected chi connectivity index (χ3v) is 7.33. The standard InChI is InChI=1S/C18H26FN3O3S/c19-16-3-1-2-4-17(16)26(24,25)22-11-9-13(10-12-22)18(23)21-15-7-5-14(20)6-8-15/h1-4,13-15H,5-12,20H2,(H,21,23). The van der Waals surface area contributed by atoms with Crippen LogP contribution in [0.4, 0.5) is 4.39 Å². The Balaban J connectivity index is 1.55. The Hall–Kier alpha value is -1.51. The third-order valence-electron chi connectivity index (χ3n) is 5.40. The molecule has 0 aromatic heterocycles. The van der Waals surface area contributed by atoms with Crippen LogP contribution in [0.5, 0.6) is 0 Å². The molecule has 0 spiro atoms. The van der Waals surface area contributed by atoms with E-state index in [1.807, 2.05) is 0 Å². The molecule has 1 aromatic rings. The van der Waals surface area contributed by atoms with Crippen molar-refractivity contribution in [2.24, 2.45) is 11.7 Å². The largest absolute Gasteiger partial charge is 0.353 e. The van der Waals surface area contributed by atoms with Crippen LogP contribution in [0.2, 0.25) is 0 Å². The number of nitrogens with two attached hydrogens (primary N) is 1. The fourth-order valence-corrected chi connectivity index (χ4v) is 5.27. The number of hydrogen-bond acceptors (Lipinski definition) is 4. The number of carbonyl (C=O) groups excluding carboxylic acids is 1. The Morgan fingerprint density at radius 2 is 1.69 bits per heavy atom. The number of hydrogen-bond donors (Lipinski definition) is 2. The maximum atomic E-state index is 13.9. The normalized spacial score (nSPS) is 25.8. The van der Waals surface area contributed by atoms with Crippen molar-refractivity contribution in [2.75, 3.05) is 13.1 Å². The molecule has 1 heterocycles. The second kappa shape index (κ2) is 8.02. The molecule has 8 heteroatoms. The molecule has 2 fully saturated rings. The summed E-state index contributed by atoms with van der Waals surface area (Å²) in [4.78, 5) is 12.2. The first kappa shape index (κ1) is 19.3. The van der Waals surface area contributed by atoms with Crippen LogP contribution >= 0.6 is 0 Å². The van der Waals surface area contributed by atoms with Gasteiger partial charge in [-0.1, -0.05) is 12.1 Å². The Morgan fingerprint density at radius 3 is 2.31 bits per heavy atom. The molecule has 3 rings (SSSR count). The van der Waals surface area contributed by atoms with Gasteiger partial charge in [0, 0.05) is 31.1 Å². The Morgan fingerprint density at radius 1 is 1.08 bits per heavy atom. The van der Waals surface area contributed by atoms with Crippen molar-refractivity contribution in [3.05, 3.63) is 30.1 Å². The molecule has 1 amide bonds. The minimum atomic E-state index is -3.86. The van der Waals surface area contributed by atoms with Gasteiger partial charge in [-0.25, -0.2) is 12.8 Å². The maximum Gasteiger partial charge on any atom is 0.245 e. The molecule has 144 valence electrons. The highest BCUT2D eigenvalue weighted by atomic mass is 32.2. The SMILES string of the molecule is NC1CCC(NC(=O)C2CCN(S(=O)(=O)c3ccccc3F)CC2)CC1. The topological polar surface area (TPSA) is 92.5 Å². The first-order valence-corrected chi connectivity index (χ1v) is 10.6. The van der Waals surface area contributed by atoms with Crippen LogP contribution in [-0.4, -0.2) is 43.8 Å². The molecule has 0 bridgehead atoms. The molecule has 0 unspecified atom stereocenters. The van der Waals surface area contributed by atoms with Gasteiger partial charge in [0.1, 0.15) is 10.7 Å². The average Bonchev–Trinajstić information content (AvgIpc) is 2.64. The van der Waals surface area contributed by atoms with E-state index in [4.69, 9.17) is 5.73 Å². The van der Waals surface area contributed by atoms with Gasteiger partial charge >= 0.3 is 0 Å². The van der Waals surface area contributed by atoms with Crippen LogP contribution in [0, 0.1) is 11.7 Å². The molecule has 1 saturated carbocycles. The summed E-state index contributed by atoms with van der Waals surface area (Å²) in [6.45, 7) is 0.453. The van der Waals surface area contributed by atoms with Gasteiger partial charge in [0.25, 0.3) is 0 Å². The zero-order valence-corrected chi connectivity index (χ0v) is 15.6. The number of sulfonamides is 1. The van der Waals surface area contributed by atoms with Gasteiger partial charge in [0.05, 0.1) is 0 Å². The Bertz CT molecular complexity index is 740. The molecule has 0 radical (unpaired) electrons. The number of halogens is 1. The second-order valence-corrected chi connectivity index (χ2v) is 9.14. The van der Waals surface area contributed by atoms with Crippen LogP contribution in [0.25, 0.3) is 0 Å². The van der Waals surface area contributed by atoms with E-state index in [9.17, 15) is 17.6 Å². The number of carbonyl (C=O) groups is 1. The van der Waals surface area contributed by atoms with Crippen LogP contribution in [-0.2, 0) is 14.8 Å². The lowest BCUT2D eigenvalue weighted by molar-refractivity contribution is -0.127. The van der Waals surface area contributed by atoms with Crippen molar-refractivity contribution < 1.29 is 17.6 Å². The fraction of sp³-hybridized carbons (Fsp3) is 0.611. The van der Waals surface area contributed by atoms with Crippen molar-refractivity contribution >= 4 is 15.9 Å². The predicted molar refractivity (Wildman–Crippen MR) is 96.3 cm³/mol. The predicted octanol–water partition coefficient (Wildman–Crippen LogP) is 1.61. The lowest BCUT2D eigenvalue weighted by Gasteiger charge is -2.32. The molecule has 0 atom stereocenters. The smallest absolute Gasteiger partial charge is 0.245 e. The number of nitrogens with zero attached hydrogens (tertiary/aromatic N) is 1. The molecular weight excluding hydrogens is 357 g/mol. The maximum absolute atomic E-state index is 13.9. The number of amides is 1. The van der Waals surface area contributed by atoms with Gasteiger partial charge in [-0.2, -0.15) is 4.31 Å². The third kappa shape index (κ3) is 4.24. The summed E-state index contributed by atoms with van der Waals surface area (Å²) in [7, 11) is -3.86. The molecule has 1 aliphatic heterocycles.